The van der Waals surface area contributed by atoms with Crippen LogP contribution in [0.5, 0.6) is 0 Å². The Kier molecular flexibility index (Phi) is 51.1. The van der Waals surface area contributed by atoms with Gasteiger partial charge < -0.3 is 18.9 Å². The molecule has 66 heavy (non-hydrogen) atoms. The smallest absolute Gasteiger partial charge is 0.148 e. The van der Waals surface area contributed by atoms with Crippen molar-refractivity contribution >= 4 is 15.9 Å². The molecule has 0 heterocycles. The van der Waals surface area contributed by atoms with Gasteiger partial charge in [0.25, 0.3) is 0 Å². The number of rotatable bonds is 58. The minimum absolute atomic E-state index is 0.542. The van der Waals surface area contributed by atoms with Gasteiger partial charge in [-0.25, -0.2) is 0 Å². The summed E-state index contributed by atoms with van der Waals surface area (Å²) in [5, 5.41) is 1.09. The third-order valence-corrected chi connectivity index (χ3v) is 14.9. The maximum atomic E-state index is 6.98. The van der Waals surface area contributed by atoms with Crippen molar-refractivity contribution in [2.24, 2.45) is 0 Å². The van der Waals surface area contributed by atoms with Crippen molar-refractivity contribution in [3.63, 3.8) is 0 Å². The lowest BCUT2D eigenvalue weighted by atomic mass is 10.0. The van der Waals surface area contributed by atoms with Crippen LogP contribution in [0.15, 0.2) is 11.3 Å². The molecule has 1 aliphatic carbocycles. The minimum atomic E-state index is -0.556. The molecule has 0 aromatic rings. The summed E-state index contributed by atoms with van der Waals surface area (Å²) in [5.74, 6) is 1.24. The van der Waals surface area contributed by atoms with Crippen LogP contribution < -0.4 is 0 Å². The molecule has 0 bridgehead atoms. The standard InChI is InChI=1S/C61H119BrO4/c1-4-7-10-13-16-19-22-25-28-31-34-37-40-46-53-63-56-61(58-65-60(59-50-51-59)49-44-43-45-52-62,66-55-48-42-39-36-33-30-27-24-21-18-15-12-9-6-3)57-64-54-47-41-38-35-32-29-26-23-20-17-14-11-8-5-2/h4-58H2,1-3H3. The molecular formula is C61H119BrO4. The van der Waals surface area contributed by atoms with E-state index in [9.17, 15) is 0 Å². The van der Waals surface area contributed by atoms with Crippen molar-refractivity contribution in [1.29, 1.82) is 0 Å². The van der Waals surface area contributed by atoms with Crippen LogP contribution in [0.1, 0.15) is 329 Å². The van der Waals surface area contributed by atoms with E-state index in [-0.39, 0.29) is 0 Å². The molecule has 0 aromatic carbocycles. The van der Waals surface area contributed by atoms with Gasteiger partial charge in [-0.05, 0) is 50.5 Å². The van der Waals surface area contributed by atoms with Gasteiger partial charge in [0.15, 0.2) is 0 Å². The van der Waals surface area contributed by atoms with Crippen LogP contribution in [0, 0.1) is 0 Å². The molecule has 5 heteroatoms. The first kappa shape index (κ1) is 63.9. The van der Waals surface area contributed by atoms with Crippen molar-refractivity contribution in [1.82, 2.24) is 0 Å². The molecule has 0 aromatic heterocycles. The van der Waals surface area contributed by atoms with E-state index in [1.807, 2.05) is 0 Å². The fraction of sp³-hybridized carbons (Fsp3) is 0.967. The van der Waals surface area contributed by atoms with E-state index in [0.29, 0.717) is 19.8 Å². The number of alkyl halides is 1. The molecule has 394 valence electrons. The largest absolute Gasteiger partial charge is 0.495 e. The summed E-state index contributed by atoms with van der Waals surface area (Å²) in [4.78, 5) is 0. The second kappa shape index (κ2) is 52.7. The molecule has 0 saturated heterocycles. The van der Waals surface area contributed by atoms with Gasteiger partial charge in [-0.2, -0.15) is 0 Å². The van der Waals surface area contributed by atoms with Gasteiger partial charge in [0, 0.05) is 31.6 Å². The van der Waals surface area contributed by atoms with E-state index in [1.165, 1.54) is 294 Å². The minimum Gasteiger partial charge on any atom is -0.495 e. The Morgan fingerprint density at radius 3 is 0.939 bits per heavy atom. The normalized spacial score (nSPS) is 12.8. The SMILES string of the molecule is CCCCCCCCCCCCCCCCOCC(COCCCCCCCCCCCCCCCC)(COC(CCCCCBr)=C1CC1)OCCCCCCCCCCCCCCCC. The van der Waals surface area contributed by atoms with Gasteiger partial charge in [-0.3, -0.25) is 0 Å². The highest BCUT2D eigenvalue weighted by Crippen LogP contribution is 2.35. The molecule has 1 fully saturated rings. The van der Waals surface area contributed by atoms with Gasteiger partial charge in [-0.15, -0.1) is 0 Å². The summed E-state index contributed by atoms with van der Waals surface area (Å²) < 4.78 is 27.0. The molecule has 1 saturated carbocycles. The summed E-state index contributed by atoms with van der Waals surface area (Å²) in [6.45, 7) is 11.0. The summed E-state index contributed by atoms with van der Waals surface area (Å²) in [7, 11) is 0. The Balaban J connectivity index is 2.62. The monoisotopic (exact) mass is 995 g/mol. The van der Waals surface area contributed by atoms with Gasteiger partial charge >= 0.3 is 0 Å². The number of ether oxygens (including phenoxy) is 4. The highest BCUT2D eigenvalue weighted by atomic mass is 79.9. The molecule has 0 unspecified atom stereocenters. The van der Waals surface area contributed by atoms with Crippen LogP contribution in [-0.4, -0.2) is 50.6 Å². The number of hydrogen-bond donors (Lipinski definition) is 0. The Morgan fingerprint density at radius 2 is 0.636 bits per heavy atom. The molecule has 4 nitrogen and oxygen atoms in total. The molecule has 0 spiro atoms. The Bertz CT molecular complexity index is 927. The van der Waals surface area contributed by atoms with Gasteiger partial charge in [0.05, 0.1) is 19.0 Å². The summed E-state index contributed by atoms with van der Waals surface area (Å²) in [6.07, 6.45) is 65.0. The highest BCUT2D eigenvalue weighted by Gasteiger charge is 2.35. The van der Waals surface area contributed by atoms with E-state index >= 15 is 0 Å². The lowest BCUT2D eigenvalue weighted by molar-refractivity contribution is -0.161. The fourth-order valence-electron chi connectivity index (χ4n) is 9.62. The third-order valence-electron chi connectivity index (χ3n) is 14.4. The van der Waals surface area contributed by atoms with E-state index in [4.69, 9.17) is 18.9 Å². The topological polar surface area (TPSA) is 36.9 Å². The van der Waals surface area contributed by atoms with Crippen LogP contribution in [0.25, 0.3) is 0 Å². The van der Waals surface area contributed by atoms with Crippen molar-refractivity contribution in [3.05, 3.63) is 11.3 Å². The molecule has 0 atom stereocenters. The van der Waals surface area contributed by atoms with Crippen LogP contribution in [0.4, 0.5) is 0 Å². The first-order valence-electron chi connectivity index (χ1n) is 30.4. The van der Waals surface area contributed by atoms with Crippen molar-refractivity contribution in [2.75, 3.05) is 45.0 Å². The quantitative estimate of drug-likeness (QED) is 0.0346. The fourth-order valence-corrected chi connectivity index (χ4v) is 10.0. The van der Waals surface area contributed by atoms with Crippen molar-refractivity contribution < 1.29 is 18.9 Å². The molecule has 0 amide bonds. The second-order valence-corrected chi connectivity index (χ2v) is 22.0. The Labute approximate surface area is 423 Å². The molecule has 0 N–H and O–H groups in total. The van der Waals surface area contributed by atoms with Crippen molar-refractivity contribution in [3.8, 4) is 0 Å². The maximum Gasteiger partial charge on any atom is 0.148 e. The van der Waals surface area contributed by atoms with Gasteiger partial charge in [0.2, 0.25) is 0 Å². The number of unbranched alkanes of at least 4 members (excludes halogenated alkanes) is 41. The van der Waals surface area contributed by atoms with Gasteiger partial charge in [0.1, 0.15) is 12.2 Å². The van der Waals surface area contributed by atoms with Crippen LogP contribution in [-0.2, 0) is 18.9 Å². The molecular weight excluding hydrogens is 877 g/mol. The second-order valence-electron chi connectivity index (χ2n) is 21.2. The lowest BCUT2D eigenvalue weighted by Gasteiger charge is -2.34. The predicted molar refractivity (Wildman–Crippen MR) is 296 cm³/mol. The number of halogens is 1. The number of allylic oxidation sites excluding steroid dienone is 2. The van der Waals surface area contributed by atoms with E-state index in [0.717, 1.165) is 50.8 Å². The van der Waals surface area contributed by atoms with Gasteiger partial charge in [-0.1, -0.05) is 294 Å². The maximum absolute atomic E-state index is 6.98. The summed E-state index contributed by atoms with van der Waals surface area (Å²) >= 11 is 3.63. The highest BCUT2D eigenvalue weighted by molar-refractivity contribution is 9.09. The third kappa shape index (κ3) is 45.1. The van der Waals surface area contributed by atoms with Crippen LogP contribution in [0.3, 0.4) is 0 Å². The van der Waals surface area contributed by atoms with Crippen molar-refractivity contribution in [2.45, 2.75) is 335 Å². The lowest BCUT2D eigenvalue weighted by Crippen LogP contribution is -2.47. The molecule has 0 aliphatic heterocycles. The molecule has 0 radical (unpaired) electrons. The average molecular weight is 997 g/mol. The summed E-state index contributed by atoms with van der Waals surface area (Å²) in [5.41, 5.74) is 0.973. The van der Waals surface area contributed by atoms with E-state index < -0.39 is 5.60 Å². The van der Waals surface area contributed by atoms with Crippen LogP contribution >= 0.6 is 15.9 Å². The number of hydrogen-bond acceptors (Lipinski definition) is 4. The Hall–Kier alpha value is -0.100. The van der Waals surface area contributed by atoms with Crippen LogP contribution in [0.2, 0.25) is 0 Å². The predicted octanol–water partition coefficient (Wildman–Crippen LogP) is 21.2. The average Bonchev–Trinajstić information content (AvgIpc) is 4.18. The van der Waals surface area contributed by atoms with E-state index in [2.05, 4.69) is 36.7 Å². The first-order valence-corrected chi connectivity index (χ1v) is 31.5. The zero-order valence-electron chi connectivity index (χ0n) is 45.4. The first-order chi connectivity index (χ1) is 32.7. The zero-order chi connectivity index (χ0) is 47.4. The van der Waals surface area contributed by atoms with E-state index in [1.54, 1.807) is 0 Å². The zero-order valence-corrected chi connectivity index (χ0v) is 47.0. The molecule has 1 aliphatic rings. The summed E-state index contributed by atoms with van der Waals surface area (Å²) in [6, 6.07) is 0. The molecule has 1 rings (SSSR count). The Morgan fingerprint density at radius 1 is 0.348 bits per heavy atom.